The van der Waals surface area contributed by atoms with Crippen molar-refractivity contribution in [3.05, 3.63) is 290 Å². The standard InChI is InChI=1S/C77H52N6/c1-77(2)67-46-60(76-82-73(53-31-17-7-18-32-53)79-74(83-76)54-33-19-8-20-34-54)39-41-61(67)63-47-65-66(48-68(63)77)70(58-38-22-36-56(44-58)50-25-11-4-12-26-50)64-45-59(40-42-62(64)69(65)57-37-21-35-55(43-57)49-23-9-3-10-24-49)75-80-71(51-27-13-5-14-28-51)78-72(81-75)52-29-15-6-16-30-52/h3-48H,1-2H3. The van der Waals surface area contributed by atoms with Crippen molar-refractivity contribution in [1.82, 2.24) is 29.9 Å². The van der Waals surface area contributed by atoms with Crippen LogP contribution in [0.25, 0.3) is 146 Å². The van der Waals surface area contributed by atoms with Crippen LogP contribution in [0.5, 0.6) is 0 Å². The summed E-state index contributed by atoms with van der Waals surface area (Å²) in [6.45, 7) is 4.72. The normalized spacial score (nSPS) is 12.3. The minimum Gasteiger partial charge on any atom is -0.208 e. The second-order valence-corrected chi connectivity index (χ2v) is 21.8. The highest BCUT2D eigenvalue weighted by Crippen LogP contribution is 2.54. The zero-order valence-electron chi connectivity index (χ0n) is 45.7. The molecule has 15 rings (SSSR count). The largest absolute Gasteiger partial charge is 0.208 e. The number of nitrogens with zero attached hydrogens (tertiary/aromatic N) is 6. The maximum absolute atomic E-state index is 5.27. The second kappa shape index (κ2) is 20.4. The molecule has 0 saturated carbocycles. The molecule has 0 unspecified atom stereocenters. The number of fused-ring (bicyclic) bond motifs is 5. The molecule has 0 amide bonds. The minimum atomic E-state index is -0.424. The zero-order chi connectivity index (χ0) is 55.4. The van der Waals surface area contributed by atoms with Gasteiger partial charge in [-0.2, -0.15) is 0 Å². The summed E-state index contributed by atoms with van der Waals surface area (Å²) in [5.74, 6) is 3.73. The van der Waals surface area contributed by atoms with E-state index in [1.165, 1.54) is 22.3 Å². The van der Waals surface area contributed by atoms with Crippen molar-refractivity contribution < 1.29 is 0 Å². The predicted molar refractivity (Wildman–Crippen MR) is 340 cm³/mol. The van der Waals surface area contributed by atoms with Crippen LogP contribution >= 0.6 is 0 Å². The predicted octanol–water partition coefficient (Wildman–Crippen LogP) is 19.3. The summed E-state index contributed by atoms with van der Waals surface area (Å²) >= 11 is 0. The van der Waals surface area contributed by atoms with Gasteiger partial charge in [0.1, 0.15) is 0 Å². The first-order chi connectivity index (χ1) is 40.9. The fraction of sp³-hybridized carbons (Fsp3) is 0.0390. The van der Waals surface area contributed by atoms with Crippen LogP contribution in [0.4, 0.5) is 0 Å². The van der Waals surface area contributed by atoms with E-state index >= 15 is 0 Å². The van der Waals surface area contributed by atoms with Crippen LogP contribution in [0.1, 0.15) is 25.0 Å². The highest BCUT2D eigenvalue weighted by Gasteiger charge is 2.37. The quantitative estimate of drug-likeness (QED) is 0.127. The zero-order valence-corrected chi connectivity index (χ0v) is 45.7. The Bertz CT molecular complexity index is 4660. The number of rotatable bonds is 10. The lowest BCUT2D eigenvalue weighted by Gasteiger charge is -2.24. The summed E-state index contributed by atoms with van der Waals surface area (Å²) in [5, 5.41) is 4.54. The lowest BCUT2D eigenvalue weighted by atomic mass is 9.79. The van der Waals surface area contributed by atoms with Crippen LogP contribution in [0.3, 0.4) is 0 Å². The number of hydrogen-bond acceptors (Lipinski definition) is 6. The van der Waals surface area contributed by atoms with Gasteiger partial charge >= 0.3 is 0 Å². The Labute approximate surface area is 482 Å². The van der Waals surface area contributed by atoms with Gasteiger partial charge in [0.2, 0.25) is 0 Å². The monoisotopic (exact) mass is 1060 g/mol. The van der Waals surface area contributed by atoms with Gasteiger partial charge in [0, 0.05) is 38.8 Å². The summed E-state index contributed by atoms with van der Waals surface area (Å²) in [7, 11) is 0. The smallest absolute Gasteiger partial charge is 0.164 e. The van der Waals surface area contributed by atoms with E-state index < -0.39 is 5.41 Å². The molecule has 12 aromatic carbocycles. The van der Waals surface area contributed by atoms with Gasteiger partial charge in [0.25, 0.3) is 0 Å². The van der Waals surface area contributed by atoms with Gasteiger partial charge in [-0.15, -0.1) is 0 Å². The highest BCUT2D eigenvalue weighted by atomic mass is 15.0. The Morgan fingerprint density at radius 2 is 0.518 bits per heavy atom. The molecule has 2 aromatic heterocycles. The van der Waals surface area contributed by atoms with Crippen molar-refractivity contribution in [2.75, 3.05) is 0 Å². The van der Waals surface area contributed by atoms with E-state index in [1.807, 2.05) is 72.8 Å². The Kier molecular flexibility index (Phi) is 12.1. The average Bonchev–Trinajstić information content (AvgIpc) is 3.15. The Hall–Kier alpha value is -10.8. The first-order valence-corrected chi connectivity index (χ1v) is 28.2. The maximum atomic E-state index is 5.27. The highest BCUT2D eigenvalue weighted by molar-refractivity contribution is 6.23. The van der Waals surface area contributed by atoms with Gasteiger partial charge in [0.15, 0.2) is 34.9 Å². The average molecular weight is 1060 g/mol. The molecule has 6 heteroatoms. The van der Waals surface area contributed by atoms with E-state index in [1.54, 1.807) is 0 Å². The molecule has 0 fully saturated rings. The molecule has 1 aliphatic carbocycles. The van der Waals surface area contributed by atoms with Crippen LogP contribution in [-0.2, 0) is 5.41 Å². The van der Waals surface area contributed by atoms with E-state index in [2.05, 4.69) is 220 Å². The molecule has 0 spiro atoms. The molecule has 0 radical (unpaired) electrons. The molecule has 390 valence electrons. The second-order valence-electron chi connectivity index (χ2n) is 21.8. The third kappa shape index (κ3) is 8.94. The lowest BCUT2D eigenvalue weighted by Crippen LogP contribution is -2.15. The molecule has 0 aliphatic heterocycles. The van der Waals surface area contributed by atoms with Gasteiger partial charge in [0.05, 0.1) is 0 Å². The summed E-state index contributed by atoms with van der Waals surface area (Å²) in [4.78, 5) is 31.0. The molecular weight excluding hydrogens is 1010 g/mol. The van der Waals surface area contributed by atoms with Crippen LogP contribution in [0.2, 0.25) is 0 Å². The van der Waals surface area contributed by atoms with Crippen molar-refractivity contribution in [3.8, 4) is 124 Å². The molecule has 6 nitrogen and oxygen atoms in total. The molecule has 2 heterocycles. The molecule has 83 heavy (non-hydrogen) atoms. The first kappa shape index (κ1) is 49.2. The fourth-order valence-electron chi connectivity index (χ4n) is 12.2. The minimum absolute atomic E-state index is 0.424. The van der Waals surface area contributed by atoms with Crippen LogP contribution in [-0.4, -0.2) is 29.9 Å². The molecule has 1 aliphatic rings. The van der Waals surface area contributed by atoms with E-state index in [-0.39, 0.29) is 0 Å². The van der Waals surface area contributed by atoms with Gasteiger partial charge in [-0.3, -0.25) is 0 Å². The van der Waals surface area contributed by atoms with Crippen LogP contribution < -0.4 is 0 Å². The molecule has 0 saturated heterocycles. The molecular formula is C77H52N6. The Balaban J connectivity index is 0.999. The van der Waals surface area contributed by atoms with Crippen molar-refractivity contribution in [1.29, 1.82) is 0 Å². The van der Waals surface area contributed by atoms with Gasteiger partial charge < -0.3 is 0 Å². The van der Waals surface area contributed by atoms with Gasteiger partial charge in [-0.05, 0) is 125 Å². The summed E-state index contributed by atoms with van der Waals surface area (Å²) in [6, 6.07) is 98.8. The Morgan fingerprint density at radius 3 is 0.952 bits per heavy atom. The number of hydrogen-bond donors (Lipinski definition) is 0. The third-order valence-electron chi connectivity index (χ3n) is 16.3. The molecule has 0 atom stereocenters. The van der Waals surface area contributed by atoms with Crippen LogP contribution in [0.15, 0.2) is 279 Å². The number of aromatic nitrogens is 6. The topological polar surface area (TPSA) is 77.3 Å². The SMILES string of the molecule is CC1(C)c2cc(-c3nc(-c4ccccc4)nc(-c4ccccc4)n3)ccc2-c2cc3c(-c4cccc(-c5ccccc5)c4)c4ccc(-c5nc(-c6ccccc6)nc(-c6ccccc6)n5)cc4c(-c4cccc(-c5ccccc5)c4)c3cc21. The van der Waals surface area contributed by atoms with Crippen molar-refractivity contribution >= 4 is 21.5 Å². The van der Waals surface area contributed by atoms with Crippen molar-refractivity contribution in [2.45, 2.75) is 19.3 Å². The molecule has 0 bridgehead atoms. The Morgan fingerprint density at radius 1 is 0.205 bits per heavy atom. The summed E-state index contributed by atoms with van der Waals surface area (Å²) in [5.41, 5.74) is 19.1. The fourth-order valence-corrected chi connectivity index (χ4v) is 12.2. The van der Waals surface area contributed by atoms with E-state index in [4.69, 9.17) is 29.9 Å². The van der Waals surface area contributed by atoms with E-state index in [0.29, 0.717) is 34.9 Å². The lowest BCUT2D eigenvalue weighted by molar-refractivity contribution is 0.661. The molecule has 14 aromatic rings. The van der Waals surface area contributed by atoms with Crippen LogP contribution in [0, 0.1) is 0 Å². The maximum Gasteiger partial charge on any atom is 0.164 e. The van der Waals surface area contributed by atoms with Crippen molar-refractivity contribution in [2.24, 2.45) is 0 Å². The molecule has 0 N–H and O–H groups in total. The number of benzene rings is 12. The summed E-state index contributed by atoms with van der Waals surface area (Å²) < 4.78 is 0. The third-order valence-corrected chi connectivity index (χ3v) is 16.3. The van der Waals surface area contributed by atoms with E-state index in [9.17, 15) is 0 Å². The van der Waals surface area contributed by atoms with Crippen molar-refractivity contribution in [3.63, 3.8) is 0 Å². The summed E-state index contributed by atoms with van der Waals surface area (Å²) in [6.07, 6.45) is 0. The van der Waals surface area contributed by atoms with E-state index in [0.717, 1.165) is 99.4 Å². The first-order valence-electron chi connectivity index (χ1n) is 28.2. The van der Waals surface area contributed by atoms with Gasteiger partial charge in [-0.1, -0.05) is 257 Å². The van der Waals surface area contributed by atoms with Gasteiger partial charge in [-0.25, -0.2) is 29.9 Å².